The van der Waals surface area contributed by atoms with Crippen molar-refractivity contribution in [3.05, 3.63) is 95.0 Å². The van der Waals surface area contributed by atoms with Crippen LogP contribution < -0.4 is 14.2 Å². The van der Waals surface area contributed by atoms with Gasteiger partial charge in [0, 0.05) is 23.9 Å². The zero-order valence-electron chi connectivity index (χ0n) is 24.1. The molecule has 216 valence electrons. The van der Waals surface area contributed by atoms with E-state index in [9.17, 15) is 4.79 Å². The van der Waals surface area contributed by atoms with E-state index in [1.54, 1.807) is 19.1 Å². The van der Waals surface area contributed by atoms with E-state index in [0.717, 1.165) is 33.8 Å². The van der Waals surface area contributed by atoms with Gasteiger partial charge >= 0.3 is 0 Å². The molecule has 0 spiro atoms. The van der Waals surface area contributed by atoms with Gasteiger partial charge in [-0.25, -0.2) is 4.68 Å². The van der Waals surface area contributed by atoms with E-state index in [2.05, 4.69) is 13.8 Å². The number of methoxy groups -OCH3 is 2. The van der Waals surface area contributed by atoms with Crippen molar-refractivity contribution < 1.29 is 19.0 Å². The molecule has 42 heavy (non-hydrogen) atoms. The summed E-state index contributed by atoms with van der Waals surface area (Å²) in [6.07, 6.45) is 4.47. The maximum atomic E-state index is 13.5. The third kappa shape index (κ3) is 6.69. The van der Waals surface area contributed by atoms with E-state index in [-0.39, 0.29) is 5.91 Å². The predicted molar refractivity (Wildman–Crippen MR) is 172 cm³/mol. The van der Waals surface area contributed by atoms with Crippen molar-refractivity contribution in [3.63, 3.8) is 0 Å². The third-order valence-electron chi connectivity index (χ3n) is 6.71. The lowest BCUT2D eigenvalue weighted by Gasteiger charge is -2.15. The van der Waals surface area contributed by atoms with Crippen LogP contribution in [0.25, 0.3) is 23.0 Å². The van der Waals surface area contributed by atoms with Crippen molar-refractivity contribution >= 4 is 40.3 Å². The minimum absolute atomic E-state index is 0.110. The van der Waals surface area contributed by atoms with Gasteiger partial charge in [0.05, 0.1) is 37.1 Å². The van der Waals surface area contributed by atoms with Crippen LogP contribution in [0.5, 0.6) is 17.2 Å². The molecule has 1 fully saturated rings. The van der Waals surface area contributed by atoms with Crippen LogP contribution in [-0.2, 0) is 11.2 Å². The second-order valence-corrected chi connectivity index (χ2v) is 11.9. The number of rotatable bonds is 11. The molecule has 1 aliphatic rings. The number of carbonyl (C=O) groups excluding carboxylic acids is 1. The summed E-state index contributed by atoms with van der Waals surface area (Å²) in [5.74, 6) is 2.46. The molecule has 1 amide bonds. The van der Waals surface area contributed by atoms with Crippen LogP contribution in [0.15, 0.2) is 83.9 Å². The van der Waals surface area contributed by atoms with Crippen molar-refractivity contribution in [2.24, 2.45) is 5.92 Å². The number of carbonyl (C=O) groups is 1. The normalized spacial score (nSPS) is 14.2. The smallest absolute Gasteiger partial charge is 0.266 e. The molecular formula is C33H33N3O4S2. The van der Waals surface area contributed by atoms with Gasteiger partial charge in [0.2, 0.25) is 0 Å². The molecule has 1 aliphatic heterocycles. The van der Waals surface area contributed by atoms with Gasteiger partial charge in [-0.1, -0.05) is 62.1 Å². The van der Waals surface area contributed by atoms with Crippen molar-refractivity contribution in [2.45, 2.75) is 20.3 Å². The summed E-state index contributed by atoms with van der Waals surface area (Å²) in [7, 11) is 3.22. The molecule has 1 saturated heterocycles. The highest BCUT2D eigenvalue weighted by Crippen LogP contribution is 2.36. The number of nitrogens with zero attached hydrogens (tertiary/aromatic N) is 3. The van der Waals surface area contributed by atoms with Gasteiger partial charge in [-0.3, -0.25) is 9.69 Å². The standard InChI is InChI=1S/C33H33N3O4S2/c1-22(2)21-40-27-13-11-24(12-14-27)31-25(20-36(34-31)26-8-6-5-7-9-26)19-30-32(37)35(33(41)42-30)17-16-23-10-15-28(38-3)29(18-23)39-4/h5-15,18-20,22H,16-17,21H2,1-4H3/b30-19-. The highest BCUT2D eigenvalue weighted by molar-refractivity contribution is 8.26. The predicted octanol–water partition coefficient (Wildman–Crippen LogP) is 7.04. The third-order valence-corrected chi connectivity index (χ3v) is 8.08. The average molecular weight is 600 g/mol. The number of benzene rings is 3. The highest BCUT2D eigenvalue weighted by Gasteiger charge is 2.32. The summed E-state index contributed by atoms with van der Waals surface area (Å²) in [5, 5.41) is 4.91. The number of aromatic nitrogens is 2. The summed E-state index contributed by atoms with van der Waals surface area (Å²) < 4.78 is 19.0. The number of amides is 1. The molecule has 0 atom stereocenters. The molecule has 5 rings (SSSR count). The lowest BCUT2D eigenvalue weighted by Crippen LogP contribution is -2.30. The molecule has 1 aromatic heterocycles. The Balaban J connectivity index is 1.40. The molecule has 0 saturated carbocycles. The molecule has 9 heteroatoms. The van der Waals surface area contributed by atoms with E-state index in [1.165, 1.54) is 11.8 Å². The van der Waals surface area contributed by atoms with Gasteiger partial charge in [-0.2, -0.15) is 5.10 Å². The second kappa shape index (κ2) is 13.3. The van der Waals surface area contributed by atoms with Crippen molar-refractivity contribution in [3.8, 4) is 34.2 Å². The molecule has 0 unspecified atom stereocenters. The van der Waals surface area contributed by atoms with Crippen LogP contribution >= 0.6 is 24.0 Å². The van der Waals surface area contributed by atoms with Crippen LogP contribution in [0.4, 0.5) is 0 Å². The largest absolute Gasteiger partial charge is 0.493 e. The van der Waals surface area contributed by atoms with Crippen LogP contribution in [-0.4, -0.2) is 52.3 Å². The van der Waals surface area contributed by atoms with Gasteiger partial charge in [-0.15, -0.1) is 0 Å². The van der Waals surface area contributed by atoms with Gasteiger partial charge in [0.15, 0.2) is 11.5 Å². The Hall–Kier alpha value is -4.08. The average Bonchev–Trinajstić information content (AvgIpc) is 3.55. The summed E-state index contributed by atoms with van der Waals surface area (Å²) in [4.78, 5) is 15.7. The van der Waals surface area contributed by atoms with Crippen molar-refractivity contribution in [2.75, 3.05) is 27.4 Å². The van der Waals surface area contributed by atoms with Gasteiger partial charge in [0.1, 0.15) is 10.1 Å². The molecular weight excluding hydrogens is 567 g/mol. The van der Waals surface area contributed by atoms with Gasteiger partial charge in [-0.05, 0) is 72.5 Å². The lowest BCUT2D eigenvalue weighted by atomic mass is 10.1. The Morgan fingerprint density at radius 3 is 2.40 bits per heavy atom. The Morgan fingerprint density at radius 1 is 0.976 bits per heavy atom. The monoisotopic (exact) mass is 599 g/mol. The minimum Gasteiger partial charge on any atom is -0.493 e. The molecule has 2 heterocycles. The molecule has 4 aromatic rings. The maximum absolute atomic E-state index is 13.5. The lowest BCUT2D eigenvalue weighted by molar-refractivity contribution is -0.122. The molecule has 7 nitrogen and oxygen atoms in total. The molecule has 0 radical (unpaired) electrons. The molecule has 3 aromatic carbocycles. The fourth-order valence-corrected chi connectivity index (χ4v) is 5.81. The topological polar surface area (TPSA) is 65.8 Å². The summed E-state index contributed by atoms with van der Waals surface area (Å²) >= 11 is 6.94. The Bertz CT molecular complexity index is 1600. The fourth-order valence-electron chi connectivity index (χ4n) is 4.51. The zero-order valence-corrected chi connectivity index (χ0v) is 25.7. The Kier molecular flexibility index (Phi) is 9.29. The van der Waals surface area contributed by atoms with E-state index < -0.39 is 0 Å². The van der Waals surface area contributed by atoms with Crippen molar-refractivity contribution in [1.29, 1.82) is 0 Å². The van der Waals surface area contributed by atoms with Crippen LogP contribution in [0.3, 0.4) is 0 Å². The molecule has 0 N–H and O–H groups in total. The van der Waals surface area contributed by atoms with Crippen LogP contribution in [0.2, 0.25) is 0 Å². The molecule has 0 bridgehead atoms. The first-order valence-corrected chi connectivity index (χ1v) is 14.9. The van der Waals surface area contributed by atoms with E-state index in [1.807, 2.05) is 89.8 Å². The maximum Gasteiger partial charge on any atom is 0.266 e. The SMILES string of the molecule is COc1ccc(CCN2C(=O)/C(=C/c3cn(-c4ccccc4)nc3-c3ccc(OCC(C)C)cc3)SC2=S)cc1OC. The summed E-state index contributed by atoms with van der Waals surface area (Å²) in [6, 6.07) is 23.6. The van der Waals surface area contributed by atoms with Gasteiger partial charge < -0.3 is 14.2 Å². The summed E-state index contributed by atoms with van der Waals surface area (Å²) in [6.45, 7) is 5.36. The van der Waals surface area contributed by atoms with Gasteiger partial charge in [0.25, 0.3) is 5.91 Å². The first kappa shape index (κ1) is 29.4. The fraction of sp³-hybridized carbons (Fsp3) is 0.242. The second-order valence-electron chi connectivity index (χ2n) is 10.2. The Morgan fingerprint density at radius 2 is 1.71 bits per heavy atom. The van der Waals surface area contributed by atoms with Crippen molar-refractivity contribution in [1.82, 2.24) is 14.7 Å². The molecule has 0 aliphatic carbocycles. The van der Waals surface area contributed by atoms with Crippen LogP contribution in [0.1, 0.15) is 25.0 Å². The van der Waals surface area contributed by atoms with Crippen LogP contribution in [0, 0.1) is 5.92 Å². The number of hydrogen-bond donors (Lipinski definition) is 0. The van der Waals surface area contributed by atoms with E-state index in [4.69, 9.17) is 31.5 Å². The zero-order chi connectivity index (χ0) is 29.6. The highest BCUT2D eigenvalue weighted by atomic mass is 32.2. The number of ether oxygens (including phenoxy) is 3. The number of thiocarbonyl (C=S) groups is 1. The van der Waals surface area contributed by atoms with E-state index in [0.29, 0.717) is 46.2 Å². The summed E-state index contributed by atoms with van der Waals surface area (Å²) in [5.41, 5.74) is 4.48. The minimum atomic E-state index is -0.110. The first-order valence-electron chi connectivity index (χ1n) is 13.7. The number of thioether (sulfide) groups is 1. The number of hydrogen-bond acceptors (Lipinski definition) is 7. The van der Waals surface area contributed by atoms with E-state index >= 15 is 0 Å². The quantitative estimate of drug-likeness (QED) is 0.135. The number of para-hydroxylation sites is 1. The first-order chi connectivity index (χ1) is 20.4. The Labute approximate surface area is 256 Å².